The van der Waals surface area contributed by atoms with E-state index in [9.17, 15) is 9.59 Å². The standard InChI is InChI=1S/C14H20N2O3/c1-2-4-13(17)16-8-6-11(7-9-16)15-14(18)12-5-3-10-19-12/h3,5,10-11H,2,4,6-9H2,1H3,(H,15,18). The zero-order valence-corrected chi connectivity index (χ0v) is 11.2. The fourth-order valence-corrected chi connectivity index (χ4v) is 2.31. The second-order valence-electron chi connectivity index (χ2n) is 4.86. The van der Waals surface area contributed by atoms with Crippen molar-refractivity contribution in [3.05, 3.63) is 24.2 Å². The van der Waals surface area contributed by atoms with Crippen molar-refractivity contribution in [3.63, 3.8) is 0 Å². The van der Waals surface area contributed by atoms with Gasteiger partial charge in [-0.15, -0.1) is 0 Å². The highest BCUT2D eigenvalue weighted by atomic mass is 16.3. The molecule has 5 heteroatoms. The van der Waals surface area contributed by atoms with E-state index < -0.39 is 0 Å². The number of hydrogen-bond acceptors (Lipinski definition) is 3. The first kappa shape index (κ1) is 13.6. The first-order chi connectivity index (χ1) is 9.20. The number of rotatable bonds is 4. The second kappa shape index (κ2) is 6.41. The van der Waals surface area contributed by atoms with Gasteiger partial charge in [0.2, 0.25) is 5.91 Å². The Morgan fingerprint density at radius 3 is 2.74 bits per heavy atom. The number of likely N-dealkylation sites (tertiary alicyclic amines) is 1. The van der Waals surface area contributed by atoms with E-state index in [1.165, 1.54) is 6.26 Å². The quantitative estimate of drug-likeness (QED) is 0.902. The Balaban J connectivity index is 1.77. The summed E-state index contributed by atoms with van der Waals surface area (Å²) < 4.78 is 5.05. The molecule has 1 aromatic heterocycles. The molecule has 104 valence electrons. The van der Waals surface area contributed by atoms with Gasteiger partial charge in [0.05, 0.1) is 6.26 Å². The zero-order valence-electron chi connectivity index (χ0n) is 11.2. The molecule has 2 rings (SSSR count). The van der Waals surface area contributed by atoms with Gasteiger partial charge in [-0.1, -0.05) is 6.92 Å². The number of nitrogens with zero attached hydrogens (tertiary/aromatic N) is 1. The van der Waals surface area contributed by atoms with Crippen molar-refractivity contribution in [1.82, 2.24) is 10.2 Å². The third-order valence-corrected chi connectivity index (χ3v) is 3.39. The maximum absolute atomic E-state index is 11.8. The fourth-order valence-electron chi connectivity index (χ4n) is 2.31. The van der Waals surface area contributed by atoms with Gasteiger partial charge in [0, 0.05) is 25.6 Å². The Hall–Kier alpha value is -1.78. The predicted octanol–water partition coefficient (Wildman–Crippen LogP) is 1.80. The second-order valence-corrected chi connectivity index (χ2v) is 4.86. The van der Waals surface area contributed by atoms with Crippen LogP contribution in [-0.4, -0.2) is 35.8 Å². The lowest BCUT2D eigenvalue weighted by atomic mass is 10.0. The molecule has 1 saturated heterocycles. The van der Waals surface area contributed by atoms with Crippen LogP contribution in [0.1, 0.15) is 43.2 Å². The third kappa shape index (κ3) is 3.59. The molecule has 0 aliphatic carbocycles. The molecule has 0 aromatic carbocycles. The molecular formula is C14H20N2O3. The summed E-state index contributed by atoms with van der Waals surface area (Å²) in [4.78, 5) is 25.4. The van der Waals surface area contributed by atoms with E-state index in [2.05, 4.69) is 5.32 Å². The summed E-state index contributed by atoms with van der Waals surface area (Å²) in [5, 5.41) is 2.94. The van der Waals surface area contributed by atoms with Gasteiger partial charge in [-0.25, -0.2) is 0 Å². The molecule has 1 N–H and O–H groups in total. The lowest BCUT2D eigenvalue weighted by Crippen LogP contribution is -2.46. The molecule has 19 heavy (non-hydrogen) atoms. The largest absolute Gasteiger partial charge is 0.459 e. The average Bonchev–Trinajstić information content (AvgIpc) is 2.94. The highest BCUT2D eigenvalue weighted by Gasteiger charge is 2.24. The van der Waals surface area contributed by atoms with E-state index in [-0.39, 0.29) is 17.9 Å². The average molecular weight is 264 g/mol. The minimum absolute atomic E-state index is 0.128. The van der Waals surface area contributed by atoms with Crippen LogP contribution in [0.4, 0.5) is 0 Å². The minimum Gasteiger partial charge on any atom is -0.459 e. The van der Waals surface area contributed by atoms with E-state index in [4.69, 9.17) is 4.42 Å². The van der Waals surface area contributed by atoms with Gasteiger partial charge < -0.3 is 14.6 Å². The van der Waals surface area contributed by atoms with Crippen molar-refractivity contribution in [2.45, 2.75) is 38.6 Å². The maximum atomic E-state index is 11.8. The van der Waals surface area contributed by atoms with E-state index in [1.54, 1.807) is 12.1 Å². The molecule has 0 unspecified atom stereocenters. The molecule has 0 atom stereocenters. The van der Waals surface area contributed by atoms with Crippen LogP contribution in [0.15, 0.2) is 22.8 Å². The number of carbonyl (C=O) groups is 2. The molecule has 1 aliphatic heterocycles. The topological polar surface area (TPSA) is 62.6 Å². The molecule has 1 aliphatic rings. The van der Waals surface area contributed by atoms with Gasteiger partial charge in [-0.05, 0) is 31.4 Å². The SMILES string of the molecule is CCCC(=O)N1CCC(NC(=O)c2ccco2)CC1. The number of amides is 2. The van der Waals surface area contributed by atoms with Crippen LogP contribution in [-0.2, 0) is 4.79 Å². The van der Waals surface area contributed by atoms with Crippen LogP contribution >= 0.6 is 0 Å². The van der Waals surface area contributed by atoms with Gasteiger partial charge >= 0.3 is 0 Å². The summed E-state index contributed by atoms with van der Waals surface area (Å²) in [6.07, 6.45) is 4.60. The summed E-state index contributed by atoms with van der Waals surface area (Å²) in [7, 11) is 0. The smallest absolute Gasteiger partial charge is 0.287 e. The maximum Gasteiger partial charge on any atom is 0.287 e. The summed E-state index contributed by atoms with van der Waals surface area (Å²) in [5.74, 6) is 0.381. The molecule has 5 nitrogen and oxygen atoms in total. The van der Waals surface area contributed by atoms with Crippen molar-refractivity contribution < 1.29 is 14.0 Å². The van der Waals surface area contributed by atoms with E-state index in [1.807, 2.05) is 11.8 Å². The summed E-state index contributed by atoms with van der Waals surface area (Å²) in [6.45, 7) is 3.46. The first-order valence-corrected chi connectivity index (χ1v) is 6.83. The predicted molar refractivity (Wildman–Crippen MR) is 70.7 cm³/mol. The van der Waals surface area contributed by atoms with Gasteiger partial charge in [0.25, 0.3) is 5.91 Å². The van der Waals surface area contributed by atoms with Crippen molar-refractivity contribution in [3.8, 4) is 0 Å². The van der Waals surface area contributed by atoms with Crippen molar-refractivity contribution in [2.75, 3.05) is 13.1 Å². The first-order valence-electron chi connectivity index (χ1n) is 6.83. The molecule has 0 radical (unpaired) electrons. The fraction of sp³-hybridized carbons (Fsp3) is 0.571. The molecule has 0 saturated carbocycles. The zero-order chi connectivity index (χ0) is 13.7. The van der Waals surface area contributed by atoms with E-state index in [0.717, 1.165) is 32.4 Å². The van der Waals surface area contributed by atoms with Crippen molar-refractivity contribution >= 4 is 11.8 Å². The minimum atomic E-state index is -0.177. The molecule has 2 amide bonds. The third-order valence-electron chi connectivity index (χ3n) is 3.39. The van der Waals surface area contributed by atoms with Gasteiger partial charge in [0.1, 0.15) is 0 Å². The van der Waals surface area contributed by atoms with Gasteiger partial charge in [0.15, 0.2) is 5.76 Å². The lowest BCUT2D eigenvalue weighted by Gasteiger charge is -2.32. The molecule has 1 aromatic rings. The Morgan fingerprint density at radius 2 is 2.16 bits per heavy atom. The number of hydrogen-bond donors (Lipinski definition) is 1. The highest BCUT2D eigenvalue weighted by Crippen LogP contribution is 2.13. The van der Waals surface area contributed by atoms with Crippen LogP contribution in [0.3, 0.4) is 0 Å². The summed E-state index contributed by atoms with van der Waals surface area (Å²) >= 11 is 0. The monoisotopic (exact) mass is 264 g/mol. The Labute approximate surface area is 113 Å². The molecule has 0 spiro atoms. The van der Waals surface area contributed by atoms with Crippen LogP contribution in [0, 0.1) is 0 Å². The number of furan rings is 1. The lowest BCUT2D eigenvalue weighted by molar-refractivity contribution is -0.132. The number of carbonyl (C=O) groups excluding carboxylic acids is 2. The van der Waals surface area contributed by atoms with Crippen molar-refractivity contribution in [1.29, 1.82) is 0 Å². The van der Waals surface area contributed by atoms with E-state index >= 15 is 0 Å². The number of piperidine rings is 1. The Bertz CT molecular complexity index is 420. The van der Waals surface area contributed by atoms with Crippen LogP contribution in [0.25, 0.3) is 0 Å². The van der Waals surface area contributed by atoms with E-state index in [0.29, 0.717) is 12.2 Å². The molecule has 1 fully saturated rings. The van der Waals surface area contributed by atoms with Gasteiger partial charge in [-0.3, -0.25) is 9.59 Å². The highest BCUT2D eigenvalue weighted by molar-refractivity contribution is 5.91. The summed E-state index contributed by atoms with van der Waals surface area (Å²) in [5.41, 5.74) is 0. The molecular weight excluding hydrogens is 244 g/mol. The Morgan fingerprint density at radius 1 is 1.42 bits per heavy atom. The van der Waals surface area contributed by atoms with Crippen LogP contribution in [0.5, 0.6) is 0 Å². The van der Waals surface area contributed by atoms with Crippen molar-refractivity contribution in [2.24, 2.45) is 0 Å². The Kier molecular flexibility index (Phi) is 4.60. The molecule has 0 bridgehead atoms. The summed E-state index contributed by atoms with van der Waals surface area (Å²) in [6, 6.07) is 3.47. The van der Waals surface area contributed by atoms with Crippen LogP contribution < -0.4 is 5.32 Å². The van der Waals surface area contributed by atoms with Crippen LogP contribution in [0.2, 0.25) is 0 Å². The van der Waals surface area contributed by atoms with Gasteiger partial charge in [-0.2, -0.15) is 0 Å². The molecule has 2 heterocycles. The normalized spacial score (nSPS) is 16.4. The number of nitrogens with one attached hydrogen (secondary N) is 1.